The lowest BCUT2D eigenvalue weighted by molar-refractivity contribution is 0.401. The first-order valence-corrected chi connectivity index (χ1v) is 13.7. The van der Waals surface area contributed by atoms with Crippen LogP contribution in [0.4, 0.5) is 5.13 Å². The number of anilines is 1. The summed E-state index contributed by atoms with van der Waals surface area (Å²) < 4.78 is 32.8. The second kappa shape index (κ2) is 9.91. The SMILES string of the molecule is CC(C)(C)c1ccc(S(=O)(=O)NCC2CCN(c3nc(Cc4ccccc4)ns3)CC2)cc1. The first kappa shape index (κ1) is 23.9. The van der Waals surface area contributed by atoms with Gasteiger partial charge in [0.2, 0.25) is 15.2 Å². The summed E-state index contributed by atoms with van der Waals surface area (Å²) in [4.78, 5) is 7.32. The first-order valence-electron chi connectivity index (χ1n) is 11.4. The molecule has 4 rings (SSSR count). The van der Waals surface area contributed by atoms with E-state index in [0.29, 0.717) is 17.4 Å². The summed E-state index contributed by atoms with van der Waals surface area (Å²) in [6.07, 6.45) is 2.60. The van der Waals surface area contributed by atoms with E-state index in [2.05, 4.69) is 46.9 Å². The molecular formula is C25H32N4O2S2. The molecule has 1 aromatic heterocycles. The quantitative estimate of drug-likeness (QED) is 0.530. The molecule has 0 unspecified atom stereocenters. The highest BCUT2D eigenvalue weighted by molar-refractivity contribution is 7.89. The number of benzene rings is 2. The van der Waals surface area contributed by atoms with Gasteiger partial charge >= 0.3 is 0 Å². The van der Waals surface area contributed by atoms with Crippen molar-refractivity contribution in [2.24, 2.45) is 5.92 Å². The van der Waals surface area contributed by atoms with Crippen LogP contribution in [0.3, 0.4) is 0 Å². The van der Waals surface area contributed by atoms with Crippen molar-refractivity contribution in [2.75, 3.05) is 24.5 Å². The molecule has 0 spiro atoms. The van der Waals surface area contributed by atoms with Crippen LogP contribution in [0.15, 0.2) is 59.5 Å². The summed E-state index contributed by atoms with van der Waals surface area (Å²) in [7, 11) is -3.50. The van der Waals surface area contributed by atoms with Gasteiger partial charge in [0.1, 0.15) is 5.82 Å². The molecule has 33 heavy (non-hydrogen) atoms. The van der Waals surface area contributed by atoms with E-state index in [1.807, 2.05) is 30.3 Å². The standard InChI is InChI=1S/C25H32N4O2S2/c1-25(2,3)21-9-11-22(12-10-21)33(30,31)26-18-20-13-15-29(16-14-20)24-27-23(28-32-24)17-19-7-5-4-6-8-19/h4-12,20,26H,13-18H2,1-3H3. The second-order valence-corrected chi connectivity index (χ2v) is 12.2. The van der Waals surface area contributed by atoms with Crippen molar-refractivity contribution in [3.8, 4) is 0 Å². The molecule has 1 aliphatic rings. The number of hydrogen-bond donors (Lipinski definition) is 1. The zero-order chi connectivity index (χ0) is 23.5. The normalized spacial score (nSPS) is 15.7. The van der Waals surface area contributed by atoms with E-state index in [9.17, 15) is 8.42 Å². The second-order valence-electron chi connectivity index (χ2n) is 9.71. The lowest BCUT2D eigenvalue weighted by Gasteiger charge is -2.31. The summed E-state index contributed by atoms with van der Waals surface area (Å²) in [5.41, 5.74) is 2.33. The van der Waals surface area contributed by atoms with E-state index in [4.69, 9.17) is 4.98 Å². The van der Waals surface area contributed by atoms with Crippen molar-refractivity contribution in [1.29, 1.82) is 0 Å². The molecule has 2 heterocycles. The molecule has 0 aliphatic carbocycles. The van der Waals surface area contributed by atoms with Gasteiger partial charge in [-0.15, -0.1) is 0 Å². The fourth-order valence-corrected chi connectivity index (χ4v) is 5.85. The van der Waals surface area contributed by atoms with Crippen molar-refractivity contribution in [2.45, 2.75) is 50.3 Å². The summed E-state index contributed by atoms with van der Waals surface area (Å²) in [6.45, 7) is 8.55. The molecule has 0 atom stereocenters. The molecule has 0 bridgehead atoms. The molecular weight excluding hydrogens is 452 g/mol. The maximum atomic E-state index is 12.7. The van der Waals surface area contributed by atoms with Crippen LogP contribution in [0.25, 0.3) is 0 Å². The van der Waals surface area contributed by atoms with Crippen LogP contribution in [0.5, 0.6) is 0 Å². The molecule has 1 fully saturated rings. The highest BCUT2D eigenvalue weighted by Gasteiger charge is 2.24. The van der Waals surface area contributed by atoms with Crippen LogP contribution in [0.1, 0.15) is 50.6 Å². The molecule has 2 aromatic carbocycles. The van der Waals surface area contributed by atoms with Crippen molar-refractivity contribution in [1.82, 2.24) is 14.1 Å². The Morgan fingerprint density at radius 2 is 1.70 bits per heavy atom. The van der Waals surface area contributed by atoms with E-state index >= 15 is 0 Å². The highest BCUT2D eigenvalue weighted by Crippen LogP contribution is 2.26. The topological polar surface area (TPSA) is 75.2 Å². The third kappa shape index (κ3) is 6.19. The maximum absolute atomic E-state index is 12.7. The number of nitrogens with zero attached hydrogens (tertiary/aromatic N) is 3. The number of nitrogens with one attached hydrogen (secondary N) is 1. The Balaban J connectivity index is 1.27. The Morgan fingerprint density at radius 3 is 2.33 bits per heavy atom. The first-order chi connectivity index (χ1) is 15.7. The number of sulfonamides is 1. The van der Waals surface area contributed by atoms with Gasteiger partial charge in [-0.2, -0.15) is 4.37 Å². The molecule has 176 valence electrons. The Hall–Kier alpha value is -2.29. The molecule has 0 radical (unpaired) electrons. The minimum atomic E-state index is -3.50. The van der Waals surface area contributed by atoms with Crippen LogP contribution in [0.2, 0.25) is 0 Å². The number of hydrogen-bond acceptors (Lipinski definition) is 6. The van der Waals surface area contributed by atoms with Crippen LogP contribution < -0.4 is 9.62 Å². The Morgan fingerprint density at radius 1 is 1.03 bits per heavy atom. The predicted octanol–water partition coefficient (Wildman–Crippen LogP) is 4.62. The fourth-order valence-electron chi connectivity index (χ4n) is 4.00. The largest absolute Gasteiger partial charge is 0.347 e. The van der Waals surface area contributed by atoms with E-state index in [0.717, 1.165) is 48.9 Å². The van der Waals surface area contributed by atoms with Gasteiger partial charge in [0.05, 0.1) is 4.90 Å². The van der Waals surface area contributed by atoms with Gasteiger partial charge in [0.15, 0.2) is 0 Å². The van der Waals surface area contributed by atoms with E-state index in [1.165, 1.54) is 17.1 Å². The summed E-state index contributed by atoms with van der Waals surface area (Å²) >= 11 is 1.45. The number of aromatic nitrogens is 2. The predicted molar refractivity (Wildman–Crippen MR) is 134 cm³/mol. The molecule has 0 amide bonds. The van der Waals surface area contributed by atoms with Crippen LogP contribution in [0, 0.1) is 5.92 Å². The molecule has 3 aromatic rings. The summed E-state index contributed by atoms with van der Waals surface area (Å²) in [5.74, 6) is 1.18. The smallest absolute Gasteiger partial charge is 0.240 e. The average molecular weight is 485 g/mol. The average Bonchev–Trinajstić information content (AvgIpc) is 3.27. The van der Waals surface area contributed by atoms with Gasteiger partial charge < -0.3 is 4.90 Å². The van der Waals surface area contributed by atoms with Gasteiger partial charge in [-0.05, 0) is 47.4 Å². The minimum absolute atomic E-state index is 0.00105. The molecule has 8 heteroatoms. The highest BCUT2D eigenvalue weighted by atomic mass is 32.2. The molecule has 6 nitrogen and oxygen atoms in total. The molecule has 0 saturated carbocycles. The third-order valence-electron chi connectivity index (χ3n) is 6.14. The van der Waals surface area contributed by atoms with Crippen molar-refractivity contribution in [3.05, 3.63) is 71.5 Å². The van der Waals surface area contributed by atoms with Gasteiger partial charge in [-0.1, -0.05) is 63.2 Å². The third-order valence-corrected chi connectivity index (χ3v) is 8.39. The van der Waals surface area contributed by atoms with E-state index in [-0.39, 0.29) is 5.41 Å². The van der Waals surface area contributed by atoms with Gasteiger partial charge in [-0.3, -0.25) is 0 Å². The maximum Gasteiger partial charge on any atom is 0.240 e. The van der Waals surface area contributed by atoms with Crippen LogP contribution >= 0.6 is 11.5 Å². The number of rotatable bonds is 7. The monoisotopic (exact) mass is 484 g/mol. The van der Waals surface area contributed by atoms with Crippen molar-refractivity contribution >= 4 is 26.7 Å². The van der Waals surface area contributed by atoms with Crippen LogP contribution in [-0.4, -0.2) is 37.4 Å². The minimum Gasteiger partial charge on any atom is -0.347 e. The zero-order valence-corrected chi connectivity index (χ0v) is 21.1. The van der Waals surface area contributed by atoms with Gasteiger partial charge in [-0.25, -0.2) is 18.1 Å². The molecule has 1 N–H and O–H groups in total. The Bertz CT molecular complexity index is 1150. The van der Waals surface area contributed by atoms with Gasteiger partial charge in [0, 0.05) is 37.6 Å². The lowest BCUT2D eigenvalue weighted by Crippen LogP contribution is -2.38. The van der Waals surface area contributed by atoms with Gasteiger partial charge in [0.25, 0.3) is 0 Å². The summed E-state index contributed by atoms with van der Waals surface area (Å²) in [5, 5.41) is 0.957. The Kier molecular flexibility index (Phi) is 7.16. The van der Waals surface area contributed by atoms with E-state index in [1.54, 1.807) is 12.1 Å². The molecule has 1 saturated heterocycles. The van der Waals surface area contributed by atoms with Crippen molar-refractivity contribution < 1.29 is 8.42 Å². The number of piperidine rings is 1. The van der Waals surface area contributed by atoms with Crippen molar-refractivity contribution in [3.63, 3.8) is 0 Å². The Labute approximate surface area is 201 Å². The van der Waals surface area contributed by atoms with Crippen LogP contribution in [-0.2, 0) is 21.9 Å². The van der Waals surface area contributed by atoms with E-state index < -0.39 is 10.0 Å². The lowest BCUT2D eigenvalue weighted by atomic mass is 9.87. The summed E-state index contributed by atoms with van der Waals surface area (Å²) in [6, 6.07) is 17.5. The fraction of sp³-hybridized carbons (Fsp3) is 0.440. The molecule has 1 aliphatic heterocycles. The zero-order valence-electron chi connectivity index (χ0n) is 19.5.